The van der Waals surface area contributed by atoms with Crippen LogP contribution in [0.3, 0.4) is 0 Å². The van der Waals surface area contributed by atoms with E-state index in [2.05, 4.69) is 4.98 Å². The second-order valence-electron chi connectivity index (χ2n) is 4.80. The van der Waals surface area contributed by atoms with Gasteiger partial charge in [-0.1, -0.05) is 18.2 Å². The zero-order chi connectivity index (χ0) is 13.9. The summed E-state index contributed by atoms with van der Waals surface area (Å²) in [5.74, 6) is -0.414. The molecule has 0 spiro atoms. The summed E-state index contributed by atoms with van der Waals surface area (Å²) in [5.41, 5.74) is 0.750. The molecule has 0 fully saturated rings. The molecule has 1 aromatic heterocycles. The standard InChI is InChI=1S/C15H15NO3S/c17-15(18)11-7-4-8-12-14(11)16-13(20-12)9-19-10-5-2-1-3-6-10/h1-3,5-6,11H,4,7-9H2,(H,17,18). The Bertz CT molecular complexity index is 609. The molecule has 1 heterocycles. The predicted octanol–water partition coefficient (Wildman–Crippen LogP) is 3.23. The molecule has 0 aliphatic heterocycles. The molecule has 1 aromatic carbocycles. The Balaban J connectivity index is 1.74. The van der Waals surface area contributed by atoms with Crippen LogP contribution >= 0.6 is 11.3 Å². The highest BCUT2D eigenvalue weighted by atomic mass is 32.1. The van der Waals surface area contributed by atoms with E-state index in [-0.39, 0.29) is 0 Å². The summed E-state index contributed by atoms with van der Waals surface area (Å²) in [4.78, 5) is 16.8. The lowest BCUT2D eigenvalue weighted by molar-refractivity contribution is -0.139. The Morgan fingerprint density at radius 1 is 1.40 bits per heavy atom. The smallest absolute Gasteiger partial charge is 0.312 e. The third kappa shape index (κ3) is 2.67. The molecule has 1 aliphatic rings. The molecule has 5 heteroatoms. The Labute approximate surface area is 121 Å². The van der Waals surface area contributed by atoms with Crippen LogP contribution in [-0.4, -0.2) is 16.1 Å². The van der Waals surface area contributed by atoms with Crippen molar-refractivity contribution in [2.75, 3.05) is 0 Å². The van der Waals surface area contributed by atoms with Gasteiger partial charge in [-0.05, 0) is 31.4 Å². The van der Waals surface area contributed by atoms with Crippen molar-refractivity contribution in [2.45, 2.75) is 31.8 Å². The topological polar surface area (TPSA) is 59.4 Å². The molecule has 0 amide bonds. The second-order valence-corrected chi connectivity index (χ2v) is 5.97. The van der Waals surface area contributed by atoms with Crippen molar-refractivity contribution in [3.8, 4) is 5.75 Å². The minimum atomic E-state index is -0.772. The van der Waals surface area contributed by atoms with Gasteiger partial charge < -0.3 is 9.84 Å². The van der Waals surface area contributed by atoms with E-state index in [1.54, 1.807) is 11.3 Å². The molecule has 1 atom stereocenters. The molecule has 20 heavy (non-hydrogen) atoms. The first-order valence-electron chi connectivity index (χ1n) is 6.63. The van der Waals surface area contributed by atoms with E-state index in [9.17, 15) is 9.90 Å². The fourth-order valence-corrected chi connectivity index (χ4v) is 3.52. The number of carbonyl (C=O) groups is 1. The van der Waals surface area contributed by atoms with E-state index in [0.29, 0.717) is 13.0 Å². The summed E-state index contributed by atoms with van der Waals surface area (Å²) in [6, 6.07) is 9.57. The highest BCUT2D eigenvalue weighted by Gasteiger charge is 2.29. The van der Waals surface area contributed by atoms with Crippen LogP contribution in [0.25, 0.3) is 0 Å². The van der Waals surface area contributed by atoms with Gasteiger partial charge in [0, 0.05) is 4.88 Å². The van der Waals surface area contributed by atoms with E-state index < -0.39 is 11.9 Å². The Hall–Kier alpha value is -1.88. The zero-order valence-corrected chi connectivity index (χ0v) is 11.7. The number of fused-ring (bicyclic) bond motifs is 1. The van der Waals surface area contributed by atoms with Crippen LogP contribution in [0.2, 0.25) is 0 Å². The van der Waals surface area contributed by atoms with Gasteiger partial charge in [0.15, 0.2) is 0 Å². The van der Waals surface area contributed by atoms with Crippen molar-refractivity contribution < 1.29 is 14.6 Å². The van der Waals surface area contributed by atoms with Crippen molar-refractivity contribution in [2.24, 2.45) is 0 Å². The predicted molar refractivity (Wildman–Crippen MR) is 76.2 cm³/mol. The third-order valence-electron chi connectivity index (χ3n) is 3.40. The first-order chi connectivity index (χ1) is 9.74. The molecular formula is C15H15NO3S. The molecule has 1 unspecified atom stereocenters. The van der Waals surface area contributed by atoms with Crippen molar-refractivity contribution in [1.82, 2.24) is 4.98 Å². The number of thiazole rings is 1. The molecule has 4 nitrogen and oxygen atoms in total. The molecule has 1 aliphatic carbocycles. The van der Waals surface area contributed by atoms with Crippen LogP contribution in [0, 0.1) is 0 Å². The van der Waals surface area contributed by atoms with E-state index in [4.69, 9.17) is 4.74 Å². The maximum absolute atomic E-state index is 11.2. The largest absolute Gasteiger partial charge is 0.486 e. The van der Waals surface area contributed by atoms with Gasteiger partial charge in [-0.15, -0.1) is 11.3 Å². The third-order valence-corrected chi connectivity index (χ3v) is 4.51. The molecular weight excluding hydrogens is 274 g/mol. The molecule has 2 aromatic rings. The number of hydrogen-bond acceptors (Lipinski definition) is 4. The summed E-state index contributed by atoms with van der Waals surface area (Å²) < 4.78 is 5.67. The molecule has 0 saturated heterocycles. The highest BCUT2D eigenvalue weighted by molar-refractivity contribution is 7.11. The molecule has 3 rings (SSSR count). The fourth-order valence-electron chi connectivity index (χ4n) is 2.43. The Morgan fingerprint density at radius 2 is 2.20 bits per heavy atom. The second kappa shape index (κ2) is 5.63. The van der Waals surface area contributed by atoms with Crippen molar-refractivity contribution >= 4 is 17.3 Å². The summed E-state index contributed by atoms with van der Waals surface area (Å²) in [5, 5.41) is 10.1. The number of rotatable bonds is 4. The number of ether oxygens (including phenoxy) is 1. The SMILES string of the molecule is O=C(O)C1CCCc2sc(COc3ccccc3)nc21. The van der Waals surface area contributed by atoms with E-state index >= 15 is 0 Å². The van der Waals surface area contributed by atoms with Crippen LogP contribution in [-0.2, 0) is 17.8 Å². The minimum absolute atomic E-state index is 0.397. The van der Waals surface area contributed by atoms with E-state index in [1.807, 2.05) is 30.3 Å². The number of para-hydroxylation sites is 1. The normalized spacial score (nSPS) is 17.5. The Morgan fingerprint density at radius 3 is 2.95 bits per heavy atom. The number of hydrogen-bond donors (Lipinski definition) is 1. The van der Waals surface area contributed by atoms with Crippen LogP contribution in [0.1, 0.15) is 34.3 Å². The monoisotopic (exact) mass is 289 g/mol. The first-order valence-corrected chi connectivity index (χ1v) is 7.45. The maximum Gasteiger partial charge on any atom is 0.312 e. The molecule has 0 bridgehead atoms. The molecule has 0 radical (unpaired) electrons. The van der Waals surface area contributed by atoms with Crippen LogP contribution in [0.15, 0.2) is 30.3 Å². The van der Waals surface area contributed by atoms with Crippen molar-refractivity contribution in [3.63, 3.8) is 0 Å². The van der Waals surface area contributed by atoms with Gasteiger partial charge in [0.2, 0.25) is 0 Å². The van der Waals surface area contributed by atoms with Gasteiger partial charge in [-0.25, -0.2) is 4.98 Å². The summed E-state index contributed by atoms with van der Waals surface area (Å²) in [6.45, 7) is 0.397. The van der Waals surface area contributed by atoms with Gasteiger partial charge >= 0.3 is 5.97 Å². The van der Waals surface area contributed by atoms with Gasteiger partial charge in [0.05, 0.1) is 11.6 Å². The zero-order valence-electron chi connectivity index (χ0n) is 10.9. The number of carboxylic acid groups (broad SMARTS) is 1. The van der Waals surface area contributed by atoms with Crippen LogP contribution in [0.4, 0.5) is 0 Å². The highest BCUT2D eigenvalue weighted by Crippen LogP contribution is 2.35. The quantitative estimate of drug-likeness (QED) is 0.938. The average molecular weight is 289 g/mol. The van der Waals surface area contributed by atoms with Gasteiger partial charge in [0.1, 0.15) is 17.4 Å². The van der Waals surface area contributed by atoms with Gasteiger partial charge in [0.25, 0.3) is 0 Å². The lowest BCUT2D eigenvalue weighted by Gasteiger charge is -2.16. The number of carboxylic acids is 1. The minimum Gasteiger partial charge on any atom is -0.486 e. The number of aryl methyl sites for hydroxylation is 1. The van der Waals surface area contributed by atoms with Crippen molar-refractivity contribution in [3.05, 3.63) is 45.9 Å². The number of aromatic nitrogens is 1. The van der Waals surface area contributed by atoms with Gasteiger partial charge in [-0.3, -0.25) is 4.79 Å². The van der Waals surface area contributed by atoms with Gasteiger partial charge in [-0.2, -0.15) is 0 Å². The average Bonchev–Trinajstić information content (AvgIpc) is 2.88. The van der Waals surface area contributed by atoms with E-state index in [0.717, 1.165) is 34.2 Å². The lowest BCUT2D eigenvalue weighted by atomic mass is 9.91. The molecule has 1 N–H and O–H groups in total. The Kier molecular flexibility index (Phi) is 3.69. The van der Waals surface area contributed by atoms with E-state index in [1.165, 1.54) is 0 Å². The number of aliphatic carboxylic acids is 1. The number of benzene rings is 1. The summed E-state index contributed by atoms with van der Waals surface area (Å²) in [6.07, 6.45) is 2.54. The summed E-state index contributed by atoms with van der Waals surface area (Å²) in [7, 11) is 0. The lowest BCUT2D eigenvalue weighted by Crippen LogP contribution is -2.17. The fraction of sp³-hybridized carbons (Fsp3) is 0.333. The van der Waals surface area contributed by atoms with Crippen LogP contribution in [0.5, 0.6) is 5.75 Å². The number of nitrogens with zero attached hydrogens (tertiary/aromatic N) is 1. The first kappa shape index (κ1) is 13.1. The molecule has 104 valence electrons. The van der Waals surface area contributed by atoms with Crippen molar-refractivity contribution in [1.29, 1.82) is 0 Å². The maximum atomic E-state index is 11.2. The summed E-state index contributed by atoms with van der Waals surface area (Å²) >= 11 is 1.58. The van der Waals surface area contributed by atoms with Crippen LogP contribution < -0.4 is 4.74 Å². The molecule has 0 saturated carbocycles.